The Labute approximate surface area is 140 Å². The first-order chi connectivity index (χ1) is 11.0. The fraction of sp³-hybridized carbons (Fsp3) is 0.562. The number of nitrogens with zero attached hydrogens (tertiary/aromatic N) is 4. The first kappa shape index (κ1) is 16.0. The zero-order valence-electron chi connectivity index (χ0n) is 14.0. The van der Waals surface area contributed by atoms with Gasteiger partial charge in [0.15, 0.2) is 5.82 Å². The highest BCUT2D eigenvalue weighted by atomic mass is 32.1. The van der Waals surface area contributed by atoms with Crippen molar-refractivity contribution in [2.24, 2.45) is 0 Å². The molecule has 0 saturated heterocycles. The van der Waals surface area contributed by atoms with Gasteiger partial charge in [0.1, 0.15) is 0 Å². The minimum atomic E-state index is -0.122. The summed E-state index contributed by atoms with van der Waals surface area (Å²) in [7, 11) is 1.85. The van der Waals surface area contributed by atoms with Crippen molar-refractivity contribution in [3.8, 4) is 0 Å². The lowest BCUT2D eigenvalue weighted by Gasteiger charge is -2.30. The fourth-order valence-corrected chi connectivity index (χ4v) is 4.07. The standard InChI is InChI=1S/C16H23N5OS/c1-10(2)21-9-8-14(19-21)18-16(22)20(4)13-7-5-6-12-15(13)23-11(3)17-12/h8-10,13H,5-7H2,1-4H3,(H,18,19,22)/t13-/m0/s1. The second kappa shape index (κ2) is 6.31. The molecular weight excluding hydrogens is 310 g/mol. The molecule has 0 unspecified atom stereocenters. The van der Waals surface area contributed by atoms with E-state index in [1.54, 1.807) is 16.2 Å². The summed E-state index contributed by atoms with van der Waals surface area (Å²) in [6, 6.07) is 2.09. The summed E-state index contributed by atoms with van der Waals surface area (Å²) < 4.78 is 1.83. The topological polar surface area (TPSA) is 63.1 Å². The van der Waals surface area contributed by atoms with Crippen LogP contribution in [-0.4, -0.2) is 32.7 Å². The number of urea groups is 1. The first-order valence-corrected chi connectivity index (χ1v) is 8.82. The van der Waals surface area contributed by atoms with E-state index in [0.29, 0.717) is 5.82 Å². The van der Waals surface area contributed by atoms with Gasteiger partial charge in [0.05, 0.1) is 21.6 Å². The van der Waals surface area contributed by atoms with Crippen LogP contribution in [0.5, 0.6) is 0 Å². The van der Waals surface area contributed by atoms with Crippen LogP contribution in [0.2, 0.25) is 0 Å². The number of anilines is 1. The number of hydrogen-bond donors (Lipinski definition) is 1. The maximum atomic E-state index is 12.6. The Morgan fingerprint density at radius 1 is 1.52 bits per heavy atom. The molecule has 0 aliphatic heterocycles. The summed E-state index contributed by atoms with van der Waals surface area (Å²) in [5.41, 5.74) is 1.16. The average Bonchev–Trinajstić information content (AvgIpc) is 3.11. The number of rotatable bonds is 3. The second-order valence-corrected chi connectivity index (χ2v) is 7.50. The fourth-order valence-electron chi connectivity index (χ4n) is 2.92. The molecule has 0 spiro atoms. The maximum absolute atomic E-state index is 12.6. The van der Waals surface area contributed by atoms with E-state index >= 15 is 0 Å². The number of aromatic nitrogens is 3. The zero-order valence-corrected chi connectivity index (χ0v) is 14.9. The van der Waals surface area contributed by atoms with Crippen LogP contribution >= 0.6 is 11.3 Å². The Morgan fingerprint density at radius 3 is 3.00 bits per heavy atom. The van der Waals surface area contributed by atoms with Crippen LogP contribution in [0.15, 0.2) is 12.3 Å². The maximum Gasteiger partial charge on any atom is 0.323 e. The monoisotopic (exact) mass is 333 g/mol. The quantitative estimate of drug-likeness (QED) is 0.930. The Morgan fingerprint density at radius 2 is 2.30 bits per heavy atom. The van der Waals surface area contributed by atoms with E-state index in [2.05, 4.69) is 29.2 Å². The molecule has 0 radical (unpaired) electrons. The van der Waals surface area contributed by atoms with Crippen molar-refractivity contribution in [3.63, 3.8) is 0 Å². The van der Waals surface area contributed by atoms with E-state index in [1.165, 1.54) is 4.88 Å². The Hall–Kier alpha value is -1.89. The van der Waals surface area contributed by atoms with Crippen molar-refractivity contribution in [1.82, 2.24) is 19.7 Å². The van der Waals surface area contributed by atoms with Crippen LogP contribution in [-0.2, 0) is 6.42 Å². The highest BCUT2D eigenvalue weighted by Crippen LogP contribution is 2.37. The molecule has 7 heteroatoms. The van der Waals surface area contributed by atoms with Crippen LogP contribution in [0.25, 0.3) is 0 Å². The third kappa shape index (κ3) is 3.24. The third-order valence-corrected chi connectivity index (χ3v) is 5.30. The number of carbonyl (C=O) groups excluding carboxylic acids is 1. The van der Waals surface area contributed by atoms with Crippen LogP contribution in [0.1, 0.15) is 54.4 Å². The molecule has 1 N–H and O–H groups in total. The van der Waals surface area contributed by atoms with Crippen LogP contribution in [0.3, 0.4) is 0 Å². The molecule has 2 heterocycles. The molecule has 23 heavy (non-hydrogen) atoms. The van der Waals surface area contributed by atoms with Gasteiger partial charge in [0.25, 0.3) is 0 Å². The van der Waals surface area contributed by atoms with E-state index in [1.807, 2.05) is 30.9 Å². The van der Waals surface area contributed by atoms with Crippen LogP contribution in [0, 0.1) is 6.92 Å². The number of hydrogen-bond acceptors (Lipinski definition) is 4. The number of thiazole rings is 1. The third-order valence-electron chi connectivity index (χ3n) is 4.19. The van der Waals surface area contributed by atoms with Crippen molar-refractivity contribution in [2.45, 2.75) is 52.1 Å². The lowest BCUT2D eigenvalue weighted by Crippen LogP contribution is -2.36. The SMILES string of the molecule is Cc1nc2c(s1)[C@@H](N(C)C(=O)Nc1ccn(C(C)C)n1)CCC2. The molecule has 0 aromatic carbocycles. The van der Waals surface area contributed by atoms with Gasteiger partial charge < -0.3 is 4.90 Å². The van der Waals surface area contributed by atoms with Crippen molar-refractivity contribution >= 4 is 23.2 Å². The van der Waals surface area contributed by atoms with E-state index in [9.17, 15) is 4.79 Å². The molecule has 2 aromatic heterocycles. The smallest absolute Gasteiger partial charge is 0.320 e. The summed E-state index contributed by atoms with van der Waals surface area (Å²) in [6.07, 6.45) is 4.95. The van der Waals surface area contributed by atoms with Gasteiger partial charge in [-0.3, -0.25) is 10.00 Å². The van der Waals surface area contributed by atoms with Crippen molar-refractivity contribution < 1.29 is 4.79 Å². The lowest BCUT2D eigenvalue weighted by molar-refractivity contribution is 0.198. The number of amides is 2. The predicted molar refractivity (Wildman–Crippen MR) is 91.9 cm³/mol. The normalized spacial score (nSPS) is 17.2. The van der Waals surface area contributed by atoms with Gasteiger partial charge in [0.2, 0.25) is 0 Å². The molecule has 2 aromatic rings. The molecule has 1 aliphatic rings. The molecule has 6 nitrogen and oxygen atoms in total. The number of aryl methyl sites for hydroxylation is 2. The van der Waals surface area contributed by atoms with Gasteiger partial charge >= 0.3 is 6.03 Å². The minimum Gasteiger partial charge on any atom is -0.320 e. The number of carbonyl (C=O) groups is 1. The molecular formula is C16H23N5OS. The molecule has 1 atom stereocenters. The summed E-state index contributed by atoms with van der Waals surface area (Å²) in [5.74, 6) is 0.590. The Balaban J connectivity index is 1.72. The largest absolute Gasteiger partial charge is 0.323 e. The van der Waals surface area contributed by atoms with Gasteiger partial charge in [-0.1, -0.05) is 0 Å². The molecule has 0 bridgehead atoms. The van der Waals surface area contributed by atoms with Gasteiger partial charge in [0, 0.05) is 25.4 Å². The molecule has 2 amide bonds. The van der Waals surface area contributed by atoms with Crippen molar-refractivity contribution in [3.05, 3.63) is 27.8 Å². The summed E-state index contributed by atoms with van der Waals surface area (Å²) in [5, 5.41) is 8.34. The highest BCUT2D eigenvalue weighted by Gasteiger charge is 2.29. The molecule has 0 fully saturated rings. The predicted octanol–water partition coefficient (Wildman–Crippen LogP) is 3.77. The lowest BCUT2D eigenvalue weighted by atomic mass is 9.97. The van der Waals surface area contributed by atoms with E-state index in [0.717, 1.165) is 30.0 Å². The van der Waals surface area contributed by atoms with Crippen LogP contribution < -0.4 is 5.32 Å². The van der Waals surface area contributed by atoms with E-state index in [4.69, 9.17) is 0 Å². The van der Waals surface area contributed by atoms with Crippen LogP contribution in [0.4, 0.5) is 10.6 Å². The van der Waals surface area contributed by atoms with E-state index < -0.39 is 0 Å². The van der Waals surface area contributed by atoms with Gasteiger partial charge in [-0.25, -0.2) is 9.78 Å². The number of fused-ring (bicyclic) bond motifs is 1. The number of nitrogens with one attached hydrogen (secondary N) is 1. The van der Waals surface area contributed by atoms with Crippen molar-refractivity contribution in [2.75, 3.05) is 12.4 Å². The molecule has 124 valence electrons. The minimum absolute atomic E-state index is 0.108. The second-order valence-electron chi connectivity index (χ2n) is 6.27. The Bertz CT molecular complexity index is 705. The van der Waals surface area contributed by atoms with Gasteiger partial charge in [-0.2, -0.15) is 5.10 Å². The molecule has 1 aliphatic carbocycles. The average molecular weight is 333 g/mol. The summed E-state index contributed by atoms with van der Waals surface area (Å²) in [6.45, 7) is 6.14. The zero-order chi connectivity index (χ0) is 16.6. The Kier molecular flexibility index (Phi) is 4.39. The summed E-state index contributed by atoms with van der Waals surface area (Å²) in [4.78, 5) is 20.2. The summed E-state index contributed by atoms with van der Waals surface area (Å²) >= 11 is 1.71. The van der Waals surface area contributed by atoms with Gasteiger partial charge in [-0.05, 0) is 40.0 Å². The molecule has 0 saturated carbocycles. The first-order valence-electron chi connectivity index (χ1n) is 8.01. The molecule has 3 rings (SSSR count). The van der Waals surface area contributed by atoms with Crippen molar-refractivity contribution in [1.29, 1.82) is 0 Å². The van der Waals surface area contributed by atoms with E-state index in [-0.39, 0.29) is 18.1 Å². The van der Waals surface area contributed by atoms with Gasteiger partial charge in [-0.15, -0.1) is 11.3 Å². The highest BCUT2D eigenvalue weighted by molar-refractivity contribution is 7.11.